The zero-order valence-electron chi connectivity index (χ0n) is 15.5. The summed E-state index contributed by atoms with van der Waals surface area (Å²) >= 11 is 0. The Kier molecular flexibility index (Phi) is 16.1. The van der Waals surface area contributed by atoms with Crippen LogP contribution in [0, 0.1) is 6.92 Å². The lowest BCUT2D eigenvalue weighted by Gasteiger charge is -2.02. The number of carbonyl (C=O) groups excluding carboxylic acids is 1. The van der Waals surface area contributed by atoms with Crippen LogP contribution in [0.15, 0.2) is 30.3 Å². The monoisotopic (exact) mass is 320 g/mol. The molecule has 1 aromatic rings. The third kappa shape index (κ3) is 18.6. The molecule has 0 fully saturated rings. The average molecular weight is 321 g/mol. The van der Waals surface area contributed by atoms with Gasteiger partial charge in [-0.25, -0.2) is 0 Å². The van der Waals surface area contributed by atoms with Crippen molar-refractivity contribution in [2.75, 3.05) is 6.61 Å². The van der Waals surface area contributed by atoms with E-state index in [-0.39, 0.29) is 5.97 Å². The second-order valence-electron chi connectivity index (χ2n) is 6.18. The van der Waals surface area contributed by atoms with Gasteiger partial charge in [0.25, 0.3) is 0 Å². The lowest BCUT2D eigenvalue weighted by atomic mass is 10.1. The van der Waals surface area contributed by atoms with E-state index in [2.05, 4.69) is 26.0 Å². The lowest BCUT2D eigenvalue weighted by molar-refractivity contribution is -0.141. The van der Waals surface area contributed by atoms with Crippen LogP contribution in [-0.4, -0.2) is 12.6 Å². The molecule has 0 bridgehead atoms. The molecule has 23 heavy (non-hydrogen) atoms. The summed E-state index contributed by atoms with van der Waals surface area (Å²) in [6, 6.07) is 10.3. The van der Waals surface area contributed by atoms with Gasteiger partial charge in [0, 0.05) is 6.92 Å². The van der Waals surface area contributed by atoms with E-state index in [0.717, 1.165) is 6.42 Å². The quantitative estimate of drug-likeness (QED) is 0.345. The van der Waals surface area contributed by atoms with Gasteiger partial charge in [-0.2, -0.15) is 0 Å². The predicted molar refractivity (Wildman–Crippen MR) is 99.7 cm³/mol. The summed E-state index contributed by atoms with van der Waals surface area (Å²) in [6.07, 6.45) is 13.1. The van der Waals surface area contributed by atoms with Crippen molar-refractivity contribution in [2.24, 2.45) is 0 Å². The van der Waals surface area contributed by atoms with Gasteiger partial charge in [-0.15, -0.1) is 0 Å². The fourth-order valence-corrected chi connectivity index (χ4v) is 2.34. The molecule has 0 N–H and O–H groups in total. The zero-order chi connectivity index (χ0) is 17.2. The highest BCUT2D eigenvalue weighted by Crippen LogP contribution is 2.10. The van der Waals surface area contributed by atoms with Crippen molar-refractivity contribution >= 4 is 5.97 Å². The minimum absolute atomic E-state index is 0.157. The molecule has 0 amide bonds. The standard InChI is InChI=1S/C14H28O2.C7H8/c1-3-4-5-6-7-8-9-10-11-12-13-16-14(2)15;1-7-5-3-2-4-6-7/h3-13H2,1-2H3;2-6H,1H3. The molecule has 0 aromatic heterocycles. The third-order valence-electron chi connectivity index (χ3n) is 3.74. The van der Waals surface area contributed by atoms with Gasteiger partial charge in [-0.05, 0) is 13.3 Å². The number of ether oxygens (including phenoxy) is 1. The molecule has 0 aliphatic heterocycles. The Bertz CT molecular complexity index is 359. The molecule has 0 unspecified atom stereocenters. The Hall–Kier alpha value is -1.31. The van der Waals surface area contributed by atoms with E-state index in [1.54, 1.807) is 0 Å². The first-order chi connectivity index (χ1) is 11.2. The van der Waals surface area contributed by atoms with E-state index in [1.165, 1.54) is 70.3 Å². The van der Waals surface area contributed by atoms with Gasteiger partial charge in [0.15, 0.2) is 0 Å². The molecule has 2 nitrogen and oxygen atoms in total. The molecular formula is C21H36O2. The number of rotatable bonds is 11. The predicted octanol–water partition coefficient (Wildman–Crippen LogP) is 6.47. The molecule has 0 saturated heterocycles. The Labute approximate surface area is 143 Å². The van der Waals surface area contributed by atoms with Crippen LogP contribution in [0.1, 0.15) is 83.6 Å². The second kappa shape index (κ2) is 17.1. The summed E-state index contributed by atoms with van der Waals surface area (Å²) < 4.78 is 4.87. The highest BCUT2D eigenvalue weighted by Gasteiger charge is 1.94. The van der Waals surface area contributed by atoms with Gasteiger partial charge in [0.1, 0.15) is 0 Å². The molecule has 1 aromatic carbocycles. The van der Waals surface area contributed by atoms with Crippen LogP contribution in [-0.2, 0) is 9.53 Å². The number of unbranched alkanes of at least 4 members (excludes halogenated alkanes) is 9. The topological polar surface area (TPSA) is 26.3 Å². The van der Waals surface area contributed by atoms with E-state index in [9.17, 15) is 4.79 Å². The summed E-state index contributed by atoms with van der Waals surface area (Å²) in [6.45, 7) is 6.41. The number of esters is 1. The Morgan fingerprint density at radius 2 is 1.30 bits per heavy atom. The van der Waals surface area contributed by atoms with Crippen LogP contribution in [0.4, 0.5) is 0 Å². The van der Waals surface area contributed by atoms with Crippen molar-refractivity contribution in [3.8, 4) is 0 Å². The molecule has 1 rings (SSSR count). The van der Waals surface area contributed by atoms with Gasteiger partial charge in [0.05, 0.1) is 6.61 Å². The van der Waals surface area contributed by atoms with Crippen molar-refractivity contribution in [1.29, 1.82) is 0 Å². The number of aryl methyl sites for hydroxylation is 1. The minimum atomic E-state index is -0.157. The van der Waals surface area contributed by atoms with Crippen molar-refractivity contribution < 1.29 is 9.53 Å². The first kappa shape index (κ1) is 21.7. The summed E-state index contributed by atoms with van der Waals surface area (Å²) in [5, 5.41) is 0. The van der Waals surface area contributed by atoms with Crippen LogP contribution in [0.25, 0.3) is 0 Å². The zero-order valence-corrected chi connectivity index (χ0v) is 15.5. The Balaban J connectivity index is 0.000000568. The molecule has 132 valence electrons. The number of hydrogen-bond acceptors (Lipinski definition) is 2. The van der Waals surface area contributed by atoms with Gasteiger partial charge < -0.3 is 4.74 Å². The molecule has 0 radical (unpaired) electrons. The van der Waals surface area contributed by atoms with E-state index < -0.39 is 0 Å². The molecule has 0 spiro atoms. The molecule has 0 heterocycles. The molecular weight excluding hydrogens is 284 g/mol. The smallest absolute Gasteiger partial charge is 0.302 e. The average Bonchev–Trinajstić information content (AvgIpc) is 2.54. The van der Waals surface area contributed by atoms with Crippen LogP contribution in [0.2, 0.25) is 0 Å². The molecule has 2 heteroatoms. The molecule has 0 aliphatic carbocycles. The summed E-state index contributed by atoms with van der Waals surface area (Å²) in [4.78, 5) is 10.5. The van der Waals surface area contributed by atoms with Crippen molar-refractivity contribution in [2.45, 2.75) is 85.0 Å². The van der Waals surface area contributed by atoms with Crippen LogP contribution in [0.5, 0.6) is 0 Å². The van der Waals surface area contributed by atoms with Crippen LogP contribution >= 0.6 is 0 Å². The third-order valence-corrected chi connectivity index (χ3v) is 3.74. The summed E-state index contributed by atoms with van der Waals surface area (Å²) in [5.74, 6) is -0.157. The Morgan fingerprint density at radius 1 is 0.826 bits per heavy atom. The number of carbonyl (C=O) groups is 1. The summed E-state index contributed by atoms with van der Waals surface area (Å²) in [5.41, 5.74) is 1.32. The lowest BCUT2D eigenvalue weighted by Crippen LogP contribution is -2.00. The number of hydrogen-bond donors (Lipinski definition) is 0. The van der Waals surface area contributed by atoms with Gasteiger partial charge in [0.2, 0.25) is 0 Å². The SMILES string of the molecule is CCCCCCCCCCCCOC(C)=O.Cc1ccccc1. The maximum atomic E-state index is 10.5. The van der Waals surface area contributed by atoms with Crippen LogP contribution in [0.3, 0.4) is 0 Å². The molecule has 0 atom stereocenters. The summed E-state index contributed by atoms with van der Waals surface area (Å²) in [7, 11) is 0. The maximum absolute atomic E-state index is 10.5. The minimum Gasteiger partial charge on any atom is -0.466 e. The van der Waals surface area contributed by atoms with Gasteiger partial charge in [-0.3, -0.25) is 4.79 Å². The van der Waals surface area contributed by atoms with E-state index in [4.69, 9.17) is 4.74 Å². The van der Waals surface area contributed by atoms with E-state index in [1.807, 2.05) is 18.2 Å². The fraction of sp³-hybridized carbons (Fsp3) is 0.667. The maximum Gasteiger partial charge on any atom is 0.302 e. The van der Waals surface area contributed by atoms with Gasteiger partial charge >= 0.3 is 5.97 Å². The largest absolute Gasteiger partial charge is 0.466 e. The van der Waals surface area contributed by atoms with Crippen LogP contribution < -0.4 is 0 Å². The second-order valence-corrected chi connectivity index (χ2v) is 6.18. The van der Waals surface area contributed by atoms with Gasteiger partial charge in [-0.1, -0.05) is 101 Å². The van der Waals surface area contributed by atoms with E-state index >= 15 is 0 Å². The fourth-order valence-electron chi connectivity index (χ4n) is 2.34. The highest BCUT2D eigenvalue weighted by atomic mass is 16.5. The van der Waals surface area contributed by atoms with Crippen molar-refractivity contribution in [3.63, 3.8) is 0 Å². The highest BCUT2D eigenvalue weighted by molar-refractivity contribution is 5.65. The van der Waals surface area contributed by atoms with Crippen molar-refractivity contribution in [3.05, 3.63) is 35.9 Å². The number of benzene rings is 1. The first-order valence-electron chi connectivity index (χ1n) is 9.31. The Morgan fingerprint density at radius 3 is 1.70 bits per heavy atom. The van der Waals surface area contributed by atoms with E-state index in [0.29, 0.717) is 6.61 Å². The first-order valence-corrected chi connectivity index (χ1v) is 9.31. The normalized spacial score (nSPS) is 9.87. The molecule has 0 aliphatic rings. The molecule has 0 saturated carbocycles. The van der Waals surface area contributed by atoms with Crippen molar-refractivity contribution in [1.82, 2.24) is 0 Å².